The molecular weight excluding hydrogens is 400 g/mol. The molecule has 8 heteroatoms. The van der Waals surface area contributed by atoms with Gasteiger partial charge in [-0.05, 0) is 39.0 Å². The fourth-order valence-electron chi connectivity index (χ4n) is 3.42. The highest BCUT2D eigenvalue weighted by atomic mass is 32.2. The van der Waals surface area contributed by atoms with Crippen molar-refractivity contribution in [2.24, 2.45) is 0 Å². The number of benzene rings is 1. The lowest BCUT2D eigenvalue weighted by atomic mass is 10.2. The van der Waals surface area contributed by atoms with Crippen LogP contribution >= 0.6 is 11.8 Å². The summed E-state index contributed by atoms with van der Waals surface area (Å²) in [7, 11) is 1.64. The van der Waals surface area contributed by atoms with Crippen LogP contribution in [0.2, 0.25) is 0 Å². The third-order valence-electron chi connectivity index (χ3n) is 4.85. The Hall–Kier alpha value is -3.26. The Bertz CT molecular complexity index is 1200. The molecule has 4 aromatic rings. The van der Waals surface area contributed by atoms with Crippen molar-refractivity contribution in [1.29, 1.82) is 0 Å². The molecule has 0 saturated carbocycles. The predicted molar refractivity (Wildman–Crippen MR) is 115 cm³/mol. The number of ether oxygens (including phenoxy) is 1. The Kier molecular flexibility index (Phi) is 5.50. The third-order valence-corrected chi connectivity index (χ3v) is 5.81. The number of imidazole rings is 1. The minimum atomic E-state index is 0.0414. The Morgan fingerprint density at radius 3 is 2.77 bits per heavy atom. The first-order valence-electron chi connectivity index (χ1n) is 9.44. The highest BCUT2D eigenvalue weighted by Crippen LogP contribution is 2.26. The average Bonchev–Trinajstić information content (AvgIpc) is 3.45. The molecule has 0 aliphatic heterocycles. The van der Waals surface area contributed by atoms with E-state index in [0.29, 0.717) is 11.4 Å². The topological polar surface area (TPSA) is 75.1 Å². The average molecular weight is 423 g/mol. The summed E-state index contributed by atoms with van der Waals surface area (Å²) in [6.07, 6.45) is 3.60. The number of Topliss-reactive ketones (excluding diaryl/α,β-unsaturated/α-hetero) is 1. The normalized spacial score (nSPS) is 11.1. The van der Waals surface area contributed by atoms with Crippen LogP contribution in [0.3, 0.4) is 0 Å². The van der Waals surface area contributed by atoms with Crippen LogP contribution in [-0.2, 0) is 0 Å². The number of aryl methyl sites for hydroxylation is 2. The van der Waals surface area contributed by atoms with Crippen molar-refractivity contribution in [3.63, 3.8) is 0 Å². The quantitative estimate of drug-likeness (QED) is 0.321. The monoisotopic (exact) mass is 422 g/mol. The summed E-state index contributed by atoms with van der Waals surface area (Å²) in [5.41, 5.74) is 3.40. The minimum absolute atomic E-state index is 0.0414. The zero-order valence-electron chi connectivity index (χ0n) is 17.2. The van der Waals surface area contributed by atoms with Crippen molar-refractivity contribution in [1.82, 2.24) is 19.3 Å². The second-order valence-electron chi connectivity index (χ2n) is 6.91. The van der Waals surface area contributed by atoms with Gasteiger partial charge in [-0.3, -0.25) is 13.9 Å². The van der Waals surface area contributed by atoms with Gasteiger partial charge in [0.15, 0.2) is 16.8 Å². The molecular formula is C22H22N4O3S. The van der Waals surface area contributed by atoms with E-state index in [2.05, 4.69) is 10.1 Å². The Morgan fingerprint density at radius 1 is 1.20 bits per heavy atom. The van der Waals surface area contributed by atoms with E-state index in [1.165, 1.54) is 11.8 Å². The van der Waals surface area contributed by atoms with Gasteiger partial charge in [-0.1, -0.05) is 23.0 Å². The minimum Gasteiger partial charge on any atom is -0.497 e. The Morgan fingerprint density at radius 2 is 2.03 bits per heavy atom. The summed E-state index contributed by atoms with van der Waals surface area (Å²) in [6.45, 7) is 5.72. The van der Waals surface area contributed by atoms with Crippen LogP contribution in [0.5, 0.6) is 5.75 Å². The van der Waals surface area contributed by atoms with Crippen LogP contribution in [0.15, 0.2) is 58.5 Å². The fourth-order valence-corrected chi connectivity index (χ4v) is 4.27. The molecule has 0 N–H and O–H groups in total. The first-order chi connectivity index (χ1) is 14.5. The van der Waals surface area contributed by atoms with Crippen LogP contribution in [-0.4, -0.2) is 37.9 Å². The van der Waals surface area contributed by atoms with E-state index in [1.54, 1.807) is 13.3 Å². The number of hydrogen-bond acceptors (Lipinski definition) is 6. The number of thioether (sulfide) groups is 1. The molecule has 0 fully saturated rings. The van der Waals surface area contributed by atoms with Gasteiger partial charge in [0.25, 0.3) is 0 Å². The molecule has 154 valence electrons. The maximum atomic E-state index is 13.0. The standard InChI is InChI=1S/C22H22N4O3S/c1-14-10-19(16(3)26(14)21-11-15(2)29-24-21)20(27)13-30-22-23-8-9-25(22)17-6-5-7-18(12-17)28-4/h5-12H,13H2,1-4H3. The van der Waals surface area contributed by atoms with Gasteiger partial charge in [0.2, 0.25) is 0 Å². The molecule has 3 aromatic heterocycles. The summed E-state index contributed by atoms with van der Waals surface area (Å²) in [4.78, 5) is 17.4. The zero-order chi connectivity index (χ0) is 21.3. The van der Waals surface area contributed by atoms with Crippen LogP contribution in [0.1, 0.15) is 27.5 Å². The smallest absolute Gasteiger partial charge is 0.180 e. The first-order valence-corrected chi connectivity index (χ1v) is 10.4. The summed E-state index contributed by atoms with van der Waals surface area (Å²) < 4.78 is 14.4. The second kappa shape index (κ2) is 8.23. The summed E-state index contributed by atoms with van der Waals surface area (Å²) in [6, 6.07) is 11.5. The molecule has 7 nitrogen and oxygen atoms in total. The molecule has 30 heavy (non-hydrogen) atoms. The lowest BCUT2D eigenvalue weighted by Gasteiger charge is -2.09. The van der Waals surface area contributed by atoms with E-state index in [-0.39, 0.29) is 11.5 Å². The molecule has 0 spiro atoms. The highest BCUT2D eigenvalue weighted by molar-refractivity contribution is 7.99. The molecule has 0 radical (unpaired) electrons. The highest BCUT2D eigenvalue weighted by Gasteiger charge is 2.19. The molecule has 0 aliphatic carbocycles. The maximum Gasteiger partial charge on any atom is 0.180 e. The molecule has 0 saturated heterocycles. The molecule has 0 atom stereocenters. The van der Waals surface area contributed by atoms with Crippen molar-refractivity contribution in [2.45, 2.75) is 25.9 Å². The van der Waals surface area contributed by atoms with Gasteiger partial charge >= 0.3 is 0 Å². The fraction of sp³-hybridized carbons (Fsp3) is 0.227. The van der Waals surface area contributed by atoms with E-state index in [1.807, 2.05) is 72.5 Å². The molecule has 0 unspecified atom stereocenters. The maximum absolute atomic E-state index is 13.0. The summed E-state index contributed by atoms with van der Waals surface area (Å²) in [5.74, 6) is 2.50. The number of carbonyl (C=O) groups excluding carboxylic acids is 1. The number of nitrogens with zero attached hydrogens (tertiary/aromatic N) is 4. The van der Waals surface area contributed by atoms with Crippen molar-refractivity contribution < 1.29 is 14.1 Å². The van der Waals surface area contributed by atoms with Gasteiger partial charge in [-0.2, -0.15) is 0 Å². The van der Waals surface area contributed by atoms with Crippen molar-refractivity contribution in [3.05, 3.63) is 71.5 Å². The van der Waals surface area contributed by atoms with Crippen molar-refractivity contribution in [2.75, 3.05) is 12.9 Å². The van der Waals surface area contributed by atoms with E-state index in [4.69, 9.17) is 9.26 Å². The zero-order valence-corrected chi connectivity index (χ0v) is 18.1. The molecule has 0 amide bonds. The molecule has 4 rings (SSSR count). The van der Waals surface area contributed by atoms with Gasteiger partial charge in [0.1, 0.15) is 11.5 Å². The van der Waals surface area contributed by atoms with E-state index >= 15 is 0 Å². The van der Waals surface area contributed by atoms with Gasteiger partial charge in [0.05, 0.1) is 18.6 Å². The number of ketones is 1. The number of rotatable bonds is 7. The molecule has 0 bridgehead atoms. The molecule has 1 aromatic carbocycles. The number of methoxy groups -OCH3 is 1. The Labute approximate surface area is 178 Å². The van der Waals surface area contributed by atoms with Gasteiger partial charge < -0.3 is 9.26 Å². The van der Waals surface area contributed by atoms with Crippen molar-refractivity contribution >= 4 is 17.5 Å². The Balaban J connectivity index is 1.54. The number of carbonyl (C=O) groups is 1. The first kappa shape index (κ1) is 20.0. The largest absolute Gasteiger partial charge is 0.497 e. The van der Waals surface area contributed by atoms with E-state index in [9.17, 15) is 4.79 Å². The summed E-state index contributed by atoms with van der Waals surface area (Å²) >= 11 is 1.41. The second-order valence-corrected chi connectivity index (χ2v) is 7.85. The van der Waals surface area contributed by atoms with E-state index < -0.39 is 0 Å². The van der Waals surface area contributed by atoms with Crippen LogP contribution < -0.4 is 4.74 Å². The summed E-state index contributed by atoms with van der Waals surface area (Å²) in [5, 5.41) is 4.82. The predicted octanol–water partition coefficient (Wildman–Crippen LogP) is 4.56. The van der Waals surface area contributed by atoms with Gasteiger partial charge in [0, 0.05) is 41.5 Å². The number of hydrogen-bond donors (Lipinski definition) is 0. The van der Waals surface area contributed by atoms with Crippen molar-refractivity contribution in [3.8, 4) is 17.3 Å². The lowest BCUT2D eigenvalue weighted by Crippen LogP contribution is -2.06. The van der Waals surface area contributed by atoms with E-state index in [0.717, 1.165) is 33.7 Å². The van der Waals surface area contributed by atoms with Crippen LogP contribution in [0.25, 0.3) is 11.5 Å². The van der Waals surface area contributed by atoms with Crippen LogP contribution in [0, 0.1) is 20.8 Å². The SMILES string of the molecule is COc1cccc(-n2ccnc2SCC(=O)c2cc(C)n(-c3cc(C)on3)c2C)c1. The van der Waals surface area contributed by atoms with Gasteiger partial charge in [-0.25, -0.2) is 4.98 Å². The van der Waals surface area contributed by atoms with Gasteiger partial charge in [-0.15, -0.1) is 0 Å². The lowest BCUT2D eigenvalue weighted by molar-refractivity contribution is 0.102. The molecule has 0 aliphatic rings. The number of aromatic nitrogens is 4. The molecule has 3 heterocycles. The third kappa shape index (κ3) is 3.78. The van der Waals surface area contributed by atoms with Crippen LogP contribution in [0.4, 0.5) is 0 Å².